The van der Waals surface area contributed by atoms with Crippen molar-refractivity contribution in [1.82, 2.24) is 9.88 Å². The molecule has 0 saturated carbocycles. The largest absolute Gasteiger partial charge is 0.419 e. The van der Waals surface area contributed by atoms with Gasteiger partial charge >= 0.3 is 0 Å². The van der Waals surface area contributed by atoms with E-state index in [2.05, 4.69) is 33.4 Å². The van der Waals surface area contributed by atoms with Gasteiger partial charge in [0.05, 0.1) is 6.04 Å². The van der Waals surface area contributed by atoms with Crippen molar-refractivity contribution < 1.29 is 4.42 Å². The molecule has 1 heterocycles. The molecule has 0 radical (unpaired) electrons. The maximum absolute atomic E-state index is 9.56. The molecule has 1 aromatic heterocycles. The van der Waals surface area contributed by atoms with Gasteiger partial charge in [0, 0.05) is 12.1 Å². The molecule has 1 atom stereocenters. The molecule has 0 fully saturated rings. The highest BCUT2D eigenvalue weighted by molar-refractivity contribution is 5.94. The van der Waals surface area contributed by atoms with Crippen LogP contribution in [0.2, 0.25) is 0 Å². The maximum atomic E-state index is 9.56. The first-order valence-electron chi connectivity index (χ1n) is 9.51. The molecule has 0 aliphatic heterocycles. The number of likely N-dealkylation sites (N-methyl/N-ethyl adjacent to an activating group) is 1. The molecule has 3 aromatic carbocycles. The van der Waals surface area contributed by atoms with E-state index < -0.39 is 0 Å². The van der Waals surface area contributed by atoms with Crippen LogP contribution < -0.4 is 5.32 Å². The summed E-state index contributed by atoms with van der Waals surface area (Å²) in [5.41, 5.74) is 2.33. The third kappa shape index (κ3) is 3.84. The van der Waals surface area contributed by atoms with Crippen LogP contribution in [0, 0.1) is 11.3 Å². The van der Waals surface area contributed by atoms with Gasteiger partial charge in [-0.25, -0.2) is 0 Å². The first-order valence-corrected chi connectivity index (χ1v) is 9.51. The van der Waals surface area contributed by atoms with Gasteiger partial charge in [-0.15, -0.1) is 0 Å². The van der Waals surface area contributed by atoms with Crippen LogP contribution in [-0.2, 0) is 0 Å². The lowest BCUT2D eigenvalue weighted by Crippen LogP contribution is -2.26. The average Bonchev–Trinajstić information content (AvgIpc) is 3.17. The van der Waals surface area contributed by atoms with Gasteiger partial charge in [0.2, 0.25) is 17.5 Å². The number of fused-ring (bicyclic) bond motifs is 1. The van der Waals surface area contributed by atoms with E-state index >= 15 is 0 Å². The number of aromatic nitrogens is 1. The van der Waals surface area contributed by atoms with Crippen LogP contribution in [0.15, 0.2) is 77.2 Å². The fourth-order valence-electron chi connectivity index (χ4n) is 3.51. The summed E-state index contributed by atoms with van der Waals surface area (Å²) in [6.45, 7) is 0.593. The lowest BCUT2D eigenvalue weighted by Gasteiger charge is -2.24. The number of anilines is 1. The predicted molar refractivity (Wildman–Crippen MR) is 116 cm³/mol. The Balaban J connectivity index is 1.64. The zero-order chi connectivity index (χ0) is 20.2. The molecule has 1 N–H and O–H groups in total. The summed E-state index contributed by atoms with van der Waals surface area (Å²) in [5, 5.41) is 15.0. The van der Waals surface area contributed by atoms with Crippen molar-refractivity contribution >= 4 is 16.7 Å². The van der Waals surface area contributed by atoms with E-state index in [1.54, 1.807) is 0 Å². The lowest BCUT2D eigenvalue weighted by atomic mass is 10.0. The fourth-order valence-corrected chi connectivity index (χ4v) is 3.51. The molecular formula is C24H22N4O. The molecule has 0 saturated heterocycles. The average molecular weight is 382 g/mol. The standard InChI is InChI=1S/C24H22N4O/c1-28(2)22(18-10-4-3-5-11-18)16-26-24-21(15-25)27-23(29-24)20-14-8-12-17-9-6-7-13-19(17)20/h3-14,22,26H,16H2,1-2H3/t22-/m0/s1. The zero-order valence-electron chi connectivity index (χ0n) is 16.5. The second-order valence-electron chi connectivity index (χ2n) is 7.11. The van der Waals surface area contributed by atoms with Gasteiger partial charge in [0.15, 0.2) is 0 Å². The highest BCUT2D eigenvalue weighted by atomic mass is 16.4. The normalized spacial score (nSPS) is 12.1. The summed E-state index contributed by atoms with van der Waals surface area (Å²) in [5.74, 6) is 0.847. The highest BCUT2D eigenvalue weighted by Gasteiger charge is 2.19. The number of nitriles is 1. The van der Waals surface area contributed by atoms with Gasteiger partial charge < -0.3 is 14.6 Å². The van der Waals surface area contributed by atoms with Crippen molar-refractivity contribution in [1.29, 1.82) is 5.26 Å². The number of hydrogen-bond donors (Lipinski definition) is 1. The quantitative estimate of drug-likeness (QED) is 0.504. The molecule has 0 unspecified atom stereocenters. The third-order valence-electron chi connectivity index (χ3n) is 5.02. The molecule has 0 aliphatic carbocycles. The molecule has 29 heavy (non-hydrogen) atoms. The Morgan fingerprint density at radius 3 is 2.48 bits per heavy atom. The third-order valence-corrected chi connectivity index (χ3v) is 5.02. The van der Waals surface area contributed by atoms with Crippen LogP contribution in [0.4, 0.5) is 5.88 Å². The Morgan fingerprint density at radius 2 is 1.72 bits per heavy atom. The Labute approximate surface area is 170 Å². The second-order valence-corrected chi connectivity index (χ2v) is 7.11. The van der Waals surface area contributed by atoms with E-state index in [0.717, 1.165) is 16.3 Å². The minimum absolute atomic E-state index is 0.133. The minimum atomic E-state index is 0.133. The molecule has 0 bridgehead atoms. The summed E-state index contributed by atoms with van der Waals surface area (Å²) >= 11 is 0. The predicted octanol–water partition coefficient (Wildman–Crippen LogP) is 5.08. The van der Waals surface area contributed by atoms with E-state index in [1.807, 2.05) is 74.8 Å². The summed E-state index contributed by atoms with van der Waals surface area (Å²) in [6.07, 6.45) is 0. The van der Waals surface area contributed by atoms with Gasteiger partial charge in [-0.1, -0.05) is 66.7 Å². The Kier molecular flexibility index (Phi) is 5.28. The number of oxazole rings is 1. The molecule has 4 rings (SSSR count). The van der Waals surface area contributed by atoms with E-state index in [0.29, 0.717) is 18.3 Å². The van der Waals surface area contributed by atoms with E-state index in [4.69, 9.17) is 4.42 Å². The van der Waals surface area contributed by atoms with Crippen molar-refractivity contribution in [2.24, 2.45) is 0 Å². The van der Waals surface area contributed by atoms with Crippen molar-refractivity contribution in [3.05, 3.63) is 84.1 Å². The lowest BCUT2D eigenvalue weighted by molar-refractivity contribution is 0.310. The van der Waals surface area contributed by atoms with Crippen molar-refractivity contribution in [3.63, 3.8) is 0 Å². The number of nitrogens with zero attached hydrogens (tertiary/aromatic N) is 3. The van der Waals surface area contributed by atoms with Gasteiger partial charge in [0.1, 0.15) is 6.07 Å². The van der Waals surface area contributed by atoms with Gasteiger partial charge in [-0.3, -0.25) is 0 Å². The summed E-state index contributed by atoms with van der Waals surface area (Å²) < 4.78 is 6.00. The van der Waals surface area contributed by atoms with Gasteiger partial charge in [0.25, 0.3) is 0 Å². The SMILES string of the molecule is CN(C)[C@@H](CNc1oc(-c2cccc3ccccc23)nc1C#N)c1ccccc1. The summed E-state index contributed by atoms with van der Waals surface area (Å²) in [6, 6.07) is 26.6. The van der Waals surface area contributed by atoms with Crippen LogP contribution in [0.3, 0.4) is 0 Å². The Hall–Kier alpha value is -3.62. The summed E-state index contributed by atoms with van der Waals surface area (Å²) in [4.78, 5) is 6.58. The van der Waals surface area contributed by atoms with Crippen LogP contribution >= 0.6 is 0 Å². The number of benzene rings is 3. The van der Waals surface area contributed by atoms with E-state index in [-0.39, 0.29) is 11.7 Å². The van der Waals surface area contributed by atoms with Crippen molar-refractivity contribution in [2.45, 2.75) is 6.04 Å². The van der Waals surface area contributed by atoms with Crippen molar-refractivity contribution in [2.75, 3.05) is 26.0 Å². The fraction of sp³-hybridized carbons (Fsp3) is 0.167. The van der Waals surface area contributed by atoms with Crippen LogP contribution in [-0.4, -0.2) is 30.5 Å². The topological polar surface area (TPSA) is 65.1 Å². The van der Waals surface area contributed by atoms with Crippen LogP contribution in [0.25, 0.3) is 22.2 Å². The zero-order valence-corrected chi connectivity index (χ0v) is 16.5. The monoisotopic (exact) mass is 382 g/mol. The van der Waals surface area contributed by atoms with E-state index in [1.165, 1.54) is 5.56 Å². The molecule has 144 valence electrons. The smallest absolute Gasteiger partial charge is 0.232 e. The molecule has 0 aliphatic rings. The Bertz CT molecular complexity index is 1150. The molecule has 5 nitrogen and oxygen atoms in total. The molecular weight excluding hydrogens is 360 g/mol. The first-order chi connectivity index (χ1) is 14.2. The second kappa shape index (κ2) is 8.17. The first kappa shape index (κ1) is 18.7. The van der Waals surface area contributed by atoms with Gasteiger partial charge in [-0.05, 0) is 36.5 Å². The number of nitrogens with one attached hydrogen (secondary N) is 1. The number of rotatable bonds is 6. The molecule has 0 spiro atoms. The van der Waals surface area contributed by atoms with Crippen molar-refractivity contribution in [3.8, 4) is 17.5 Å². The number of hydrogen-bond acceptors (Lipinski definition) is 5. The molecule has 4 aromatic rings. The Morgan fingerprint density at radius 1 is 1.00 bits per heavy atom. The minimum Gasteiger partial charge on any atom is -0.419 e. The molecule has 5 heteroatoms. The summed E-state index contributed by atoms with van der Waals surface area (Å²) in [7, 11) is 4.07. The molecule has 0 amide bonds. The highest BCUT2D eigenvalue weighted by Crippen LogP contribution is 2.31. The van der Waals surface area contributed by atoms with Crippen LogP contribution in [0.1, 0.15) is 17.3 Å². The van der Waals surface area contributed by atoms with Crippen LogP contribution in [0.5, 0.6) is 0 Å². The van der Waals surface area contributed by atoms with E-state index in [9.17, 15) is 5.26 Å². The maximum Gasteiger partial charge on any atom is 0.232 e. The van der Waals surface area contributed by atoms with Gasteiger partial charge in [-0.2, -0.15) is 10.2 Å².